The Bertz CT molecular complexity index is 814. The van der Waals surface area contributed by atoms with Crippen molar-refractivity contribution in [2.24, 2.45) is 0 Å². The van der Waals surface area contributed by atoms with Crippen LogP contribution < -0.4 is 5.73 Å². The Morgan fingerprint density at radius 2 is 1.80 bits per heavy atom. The molecule has 0 saturated heterocycles. The van der Waals surface area contributed by atoms with Gasteiger partial charge in [-0.25, -0.2) is 9.97 Å². The van der Waals surface area contributed by atoms with Crippen LogP contribution >= 0.6 is 0 Å². The summed E-state index contributed by atoms with van der Waals surface area (Å²) in [6, 6.07) is 14.0. The van der Waals surface area contributed by atoms with Gasteiger partial charge < -0.3 is 10.5 Å². The van der Waals surface area contributed by atoms with E-state index in [0.29, 0.717) is 24.9 Å². The molecule has 0 aliphatic carbocycles. The summed E-state index contributed by atoms with van der Waals surface area (Å²) in [5, 5.41) is 0.890. The highest BCUT2D eigenvalue weighted by molar-refractivity contribution is 5.89. The highest BCUT2D eigenvalue weighted by Crippen LogP contribution is 2.27. The molecule has 0 unspecified atom stereocenters. The third kappa shape index (κ3) is 1.73. The van der Waals surface area contributed by atoms with Gasteiger partial charge in [-0.05, 0) is 29.3 Å². The van der Waals surface area contributed by atoms with Crippen molar-refractivity contribution in [2.45, 2.75) is 13.2 Å². The Kier molecular flexibility index (Phi) is 2.44. The highest BCUT2D eigenvalue weighted by atomic mass is 16.5. The second kappa shape index (κ2) is 4.28. The molecule has 4 heteroatoms. The molecule has 4 rings (SSSR count). The largest absolute Gasteiger partial charge is 0.383 e. The third-order valence-electron chi connectivity index (χ3n) is 3.61. The molecule has 1 aromatic heterocycles. The van der Waals surface area contributed by atoms with Crippen LogP contribution in [0.5, 0.6) is 0 Å². The fourth-order valence-electron chi connectivity index (χ4n) is 2.54. The number of hydrogen-bond acceptors (Lipinski definition) is 4. The summed E-state index contributed by atoms with van der Waals surface area (Å²) in [7, 11) is 0. The van der Waals surface area contributed by atoms with E-state index in [1.807, 2.05) is 30.3 Å². The summed E-state index contributed by atoms with van der Waals surface area (Å²) < 4.78 is 5.43. The predicted octanol–water partition coefficient (Wildman–Crippen LogP) is 2.91. The maximum Gasteiger partial charge on any atom is 0.162 e. The molecule has 3 aromatic rings. The van der Waals surface area contributed by atoms with E-state index in [9.17, 15) is 0 Å². The number of nitrogens with two attached hydrogens (primary N) is 1. The molecular formula is C16H13N3O. The lowest BCUT2D eigenvalue weighted by Crippen LogP contribution is -1.98. The van der Waals surface area contributed by atoms with Crippen molar-refractivity contribution in [3.8, 4) is 11.4 Å². The van der Waals surface area contributed by atoms with E-state index in [1.54, 1.807) is 0 Å². The molecule has 98 valence electrons. The summed E-state index contributed by atoms with van der Waals surface area (Å²) in [6.45, 7) is 1.35. The second-order valence-electron chi connectivity index (χ2n) is 4.93. The fraction of sp³-hybridized carbons (Fsp3) is 0.125. The maximum atomic E-state index is 6.03. The molecular weight excluding hydrogens is 250 g/mol. The van der Waals surface area contributed by atoms with Crippen LogP contribution in [0.25, 0.3) is 22.3 Å². The Morgan fingerprint density at radius 3 is 2.75 bits per heavy atom. The zero-order chi connectivity index (χ0) is 13.5. The van der Waals surface area contributed by atoms with Crippen molar-refractivity contribution >= 4 is 16.7 Å². The molecule has 0 saturated carbocycles. The summed E-state index contributed by atoms with van der Waals surface area (Å²) in [4.78, 5) is 9.02. The van der Waals surface area contributed by atoms with Crippen LogP contribution in [0.1, 0.15) is 11.1 Å². The molecule has 1 aliphatic heterocycles. The quantitative estimate of drug-likeness (QED) is 0.733. The van der Waals surface area contributed by atoms with E-state index in [4.69, 9.17) is 10.5 Å². The number of hydrogen-bond donors (Lipinski definition) is 1. The normalized spacial score (nSPS) is 13.6. The van der Waals surface area contributed by atoms with Gasteiger partial charge >= 0.3 is 0 Å². The average molecular weight is 263 g/mol. The van der Waals surface area contributed by atoms with Crippen molar-refractivity contribution in [3.05, 3.63) is 53.6 Å². The fourth-order valence-corrected chi connectivity index (χ4v) is 2.54. The zero-order valence-corrected chi connectivity index (χ0v) is 10.8. The van der Waals surface area contributed by atoms with Gasteiger partial charge in [0.2, 0.25) is 0 Å². The minimum atomic E-state index is 0.516. The molecule has 0 bridgehead atoms. The van der Waals surface area contributed by atoms with Crippen molar-refractivity contribution in [1.82, 2.24) is 9.97 Å². The van der Waals surface area contributed by atoms with Gasteiger partial charge in [-0.15, -0.1) is 0 Å². The number of ether oxygens (including phenoxy) is 1. The lowest BCUT2D eigenvalue weighted by molar-refractivity contribution is 0.134. The molecule has 4 nitrogen and oxygen atoms in total. The minimum Gasteiger partial charge on any atom is -0.383 e. The third-order valence-corrected chi connectivity index (χ3v) is 3.61. The Labute approximate surface area is 116 Å². The zero-order valence-electron chi connectivity index (χ0n) is 10.8. The summed E-state index contributed by atoms with van der Waals surface area (Å²) in [5.74, 6) is 1.18. The van der Waals surface area contributed by atoms with E-state index in [1.165, 1.54) is 11.1 Å². The Hall–Kier alpha value is -2.46. The average Bonchev–Trinajstić information content (AvgIpc) is 2.94. The SMILES string of the molecule is Nc1nc(-c2ccc3c(c2)COC3)nc2ccccc12. The number of anilines is 1. The number of nitrogen functional groups attached to an aromatic ring is 1. The molecule has 0 radical (unpaired) electrons. The number of rotatable bonds is 1. The van der Waals surface area contributed by atoms with Crippen LogP contribution in [-0.2, 0) is 18.0 Å². The van der Waals surface area contributed by atoms with E-state index < -0.39 is 0 Å². The number of aromatic nitrogens is 2. The summed E-state index contributed by atoms with van der Waals surface area (Å²) in [5.41, 5.74) is 10.3. The van der Waals surface area contributed by atoms with Crippen LogP contribution in [0, 0.1) is 0 Å². The first kappa shape index (κ1) is 11.4. The van der Waals surface area contributed by atoms with Crippen LogP contribution in [0.15, 0.2) is 42.5 Å². The van der Waals surface area contributed by atoms with E-state index in [-0.39, 0.29) is 0 Å². The molecule has 0 amide bonds. The number of fused-ring (bicyclic) bond motifs is 2. The van der Waals surface area contributed by atoms with Gasteiger partial charge in [0, 0.05) is 10.9 Å². The molecule has 2 N–H and O–H groups in total. The first-order valence-electron chi connectivity index (χ1n) is 6.53. The first-order chi connectivity index (χ1) is 9.81. The topological polar surface area (TPSA) is 61.0 Å². The smallest absolute Gasteiger partial charge is 0.162 e. The standard InChI is InChI=1S/C16H13N3O/c17-15-13-3-1-2-4-14(13)18-16(19-15)10-5-6-11-8-20-9-12(11)7-10/h1-7H,8-9H2,(H2,17,18,19). The summed E-state index contributed by atoms with van der Waals surface area (Å²) in [6.07, 6.45) is 0. The van der Waals surface area contributed by atoms with Gasteiger partial charge in [-0.3, -0.25) is 0 Å². The van der Waals surface area contributed by atoms with Gasteiger partial charge in [0.1, 0.15) is 5.82 Å². The molecule has 0 atom stereocenters. The van der Waals surface area contributed by atoms with E-state index in [0.717, 1.165) is 16.5 Å². The van der Waals surface area contributed by atoms with Crippen LogP contribution in [0.2, 0.25) is 0 Å². The molecule has 1 aliphatic rings. The van der Waals surface area contributed by atoms with E-state index in [2.05, 4.69) is 22.1 Å². The van der Waals surface area contributed by atoms with E-state index >= 15 is 0 Å². The molecule has 2 aromatic carbocycles. The van der Waals surface area contributed by atoms with Gasteiger partial charge in [0.05, 0.1) is 18.7 Å². The van der Waals surface area contributed by atoms with Crippen molar-refractivity contribution < 1.29 is 4.74 Å². The predicted molar refractivity (Wildman–Crippen MR) is 77.9 cm³/mol. The molecule has 0 fully saturated rings. The highest BCUT2D eigenvalue weighted by Gasteiger charge is 2.13. The Balaban J connectivity index is 1.90. The molecule has 0 spiro atoms. The maximum absolute atomic E-state index is 6.03. The van der Waals surface area contributed by atoms with Crippen molar-refractivity contribution in [1.29, 1.82) is 0 Å². The number of para-hydroxylation sites is 1. The lowest BCUT2D eigenvalue weighted by atomic mass is 10.1. The lowest BCUT2D eigenvalue weighted by Gasteiger charge is -2.06. The minimum absolute atomic E-state index is 0.516. The second-order valence-corrected chi connectivity index (χ2v) is 4.93. The number of nitrogens with zero attached hydrogens (tertiary/aromatic N) is 2. The van der Waals surface area contributed by atoms with Crippen molar-refractivity contribution in [2.75, 3.05) is 5.73 Å². The van der Waals surface area contributed by atoms with Gasteiger partial charge in [0.25, 0.3) is 0 Å². The summed E-state index contributed by atoms with van der Waals surface area (Å²) >= 11 is 0. The molecule has 20 heavy (non-hydrogen) atoms. The van der Waals surface area contributed by atoms with Gasteiger partial charge in [-0.1, -0.05) is 24.3 Å². The monoisotopic (exact) mass is 263 g/mol. The van der Waals surface area contributed by atoms with Gasteiger partial charge in [0.15, 0.2) is 5.82 Å². The van der Waals surface area contributed by atoms with Crippen LogP contribution in [0.4, 0.5) is 5.82 Å². The van der Waals surface area contributed by atoms with Gasteiger partial charge in [-0.2, -0.15) is 0 Å². The van der Waals surface area contributed by atoms with Crippen molar-refractivity contribution in [3.63, 3.8) is 0 Å². The molecule has 2 heterocycles. The van der Waals surface area contributed by atoms with Crippen LogP contribution in [-0.4, -0.2) is 9.97 Å². The van der Waals surface area contributed by atoms with Crippen LogP contribution in [0.3, 0.4) is 0 Å². The Morgan fingerprint density at radius 1 is 0.950 bits per heavy atom. The first-order valence-corrected chi connectivity index (χ1v) is 6.53. The number of benzene rings is 2.